The SMILES string of the molecule is C=C/C(=C\C=C/C)c1cn(C(=O)N(C)C2CCOCC2)cn1. The molecule has 0 bridgehead atoms. The van der Waals surface area contributed by atoms with E-state index in [2.05, 4.69) is 11.6 Å². The lowest BCUT2D eigenvalue weighted by atomic mass is 10.1. The standard InChI is InChI=1S/C17H23N3O2/c1-4-6-7-14(5-2)16-12-20(13-18-16)17(21)19(3)15-8-10-22-11-9-15/h4-7,12-13,15H,2,8-11H2,1,3H3/b6-4-,14-7+. The first-order valence-electron chi connectivity index (χ1n) is 7.52. The largest absolute Gasteiger partial charge is 0.381 e. The van der Waals surface area contributed by atoms with Crippen molar-refractivity contribution in [1.82, 2.24) is 14.5 Å². The summed E-state index contributed by atoms with van der Waals surface area (Å²) >= 11 is 0. The van der Waals surface area contributed by atoms with Crippen LogP contribution >= 0.6 is 0 Å². The Morgan fingerprint density at radius 3 is 2.86 bits per heavy atom. The number of aromatic nitrogens is 2. The van der Waals surface area contributed by atoms with Crippen LogP contribution in [-0.2, 0) is 4.74 Å². The molecule has 0 saturated carbocycles. The molecule has 0 N–H and O–H groups in total. The molecule has 1 aromatic rings. The van der Waals surface area contributed by atoms with Crippen LogP contribution < -0.4 is 0 Å². The van der Waals surface area contributed by atoms with Crippen LogP contribution in [0, 0.1) is 0 Å². The van der Waals surface area contributed by atoms with Crippen molar-refractivity contribution in [1.29, 1.82) is 0 Å². The van der Waals surface area contributed by atoms with Gasteiger partial charge in [-0.05, 0) is 19.8 Å². The van der Waals surface area contributed by atoms with E-state index in [4.69, 9.17) is 4.74 Å². The smallest absolute Gasteiger partial charge is 0.329 e. The number of carbonyl (C=O) groups excluding carboxylic acids is 1. The Morgan fingerprint density at radius 2 is 2.23 bits per heavy atom. The second kappa shape index (κ2) is 7.75. The number of rotatable bonds is 4. The number of hydrogen-bond donors (Lipinski definition) is 0. The molecule has 0 aromatic carbocycles. The molecule has 0 radical (unpaired) electrons. The van der Waals surface area contributed by atoms with Crippen molar-refractivity contribution in [2.24, 2.45) is 0 Å². The van der Waals surface area contributed by atoms with E-state index in [1.54, 1.807) is 23.5 Å². The molecule has 0 unspecified atom stereocenters. The van der Waals surface area contributed by atoms with Gasteiger partial charge in [0, 0.05) is 38.1 Å². The quantitative estimate of drug-likeness (QED) is 0.803. The highest BCUT2D eigenvalue weighted by atomic mass is 16.5. The molecular weight excluding hydrogens is 278 g/mol. The first-order chi connectivity index (χ1) is 10.7. The second-order valence-corrected chi connectivity index (χ2v) is 5.26. The minimum atomic E-state index is -0.0694. The van der Waals surface area contributed by atoms with Crippen molar-refractivity contribution in [3.8, 4) is 0 Å². The summed E-state index contributed by atoms with van der Waals surface area (Å²) in [5, 5.41) is 0. The third-order valence-corrected chi connectivity index (χ3v) is 3.83. The topological polar surface area (TPSA) is 47.4 Å². The van der Waals surface area contributed by atoms with E-state index in [-0.39, 0.29) is 12.1 Å². The molecule has 1 aliphatic heterocycles. The van der Waals surface area contributed by atoms with Gasteiger partial charge in [0.1, 0.15) is 6.33 Å². The van der Waals surface area contributed by atoms with Crippen molar-refractivity contribution in [2.75, 3.05) is 20.3 Å². The van der Waals surface area contributed by atoms with Gasteiger partial charge in [-0.15, -0.1) is 0 Å². The Balaban J connectivity index is 2.12. The second-order valence-electron chi connectivity index (χ2n) is 5.26. The molecule has 0 spiro atoms. The summed E-state index contributed by atoms with van der Waals surface area (Å²) in [6, 6.07) is 0.157. The lowest BCUT2D eigenvalue weighted by molar-refractivity contribution is 0.0528. The Bertz CT molecular complexity index is 580. The molecule has 2 heterocycles. The highest BCUT2D eigenvalue weighted by Gasteiger charge is 2.23. The van der Waals surface area contributed by atoms with Gasteiger partial charge in [-0.3, -0.25) is 4.57 Å². The summed E-state index contributed by atoms with van der Waals surface area (Å²) in [5.74, 6) is 0. The van der Waals surface area contributed by atoms with E-state index < -0.39 is 0 Å². The van der Waals surface area contributed by atoms with Crippen LogP contribution in [0.25, 0.3) is 5.57 Å². The fourth-order valence-corrected chi connectivity index (χ4v) is 2.45. The Labute approximate surface area is 131 Å². The van der Waals surface area contributed by atoms with Crippen molar-refractivity contribution < 1.29 is 9.53 Å². The maximum atomic E-state index is 12.5. The van der Waals surface area contributed by atoms with Gasteiger partial charge in [0.15, 0.2) is 0 Å². The molecule has 1 aromatic heterocycles. The van der Waals surface area contributed by atoms with E-state index in [1.165, 1.54) is 4.57 Å². The van der Waals surface area contributed by atoms with Crippen LogP contribution in [0.3, 0.4) is 0 Å². The summed E-state index contributed by atoms with van der Waals surface area (Å²) in [7, 11) is 1.84. The van der Waals surface area contributed by atoms with Crippen LogP contribution in [0.15, 0.2) is 43.4 Å². The van der Waals surface area contributed by atoms with E-state index in [0.717, 1.165) is 24.1 Å². The van der Waals surface area contributed by atoms with Crippen molar-refractivity contribution in [3.63, 3.8) is 0 Å². The normalized spacial score (nSPS) is 16.9. The molecule has 5 heteroatoms. The highest BCUT2D eigenvalue weighted by molar-refractivity contribution is 5.79. The lowest BCUT2D eigenvalue weighted by Gasteiger charge is -2.30. The zero-order chi connectivity index (χ0) is 15.9. The summed E-state index contributed by atoms with van der Waals surface area (Å²) in [6.07, 6.45) is 12.6. The number of amides is 1. The maximum absolute atomic E-state index is 12.5. The predicted octanol–water partition coefficient (Wildman–Crippen LogP) is 3.11. The minimum absolute atomic E-state index is 0.0694. The lowest BCUT2D eigenvalue weighted by Crippen LogP contribution is -2.42. The Kier molecular flexibility index (Phi) is 5.72. The van der Waals surface area contributed by atoms with E-state index in [9.17, 15) is 4.79 Å². The van der Waals surface area contributed by atoms with Gasteiger partial charge in [0.05, 0.1) is 5.69 Å². The Morgan fingerprint density at radius 1 is 1.50 bits per heavy atom. The number of nitrogens with zero attached hydrogens (tertiary/aromatic N) is 3. The number of allylic oxidation sites excluding steroid dienone is 5. The molecule has 2 rings (SSSR count). The highest BCUT2D eigenvalue weighted by Crippen LogP contribution is 2.16. The maximum Gasteiger partial charge on any atom is 0.329 e. The van der Waals surface area contributed by atoms with Crippen LogP contribution in [0.2, 0.25) is 0 Å². The number of imidazole rings is 1. The van der Waals surface area contributed by atoms with Gasteiger partial charge in [-0.2, -0.15) is 0 Å². The molecule has 118 valence electrons. The van der Waals surface area contributed by atoms with Crippen molar-refractivity contribution in [2.45, 2.75) is 25.8 Å². The third-order valence-electron chi connectivity index (χ3n) is 3.83. The fraction of sp³-hybridized carbons (Fsp3) is 0.412. The molecule has 0 aliphatic carbocycles. The molecule has 22 heavy (non-hydrogen) atoms. The summed E-state index contributed by atoms with van der Waals surface area (Å²) in [6.45, 7) is 7.16. The molecular formula is C17H23N3O2. The van der Waals surface area contributed by atoms with E-state index >= 15 is 0 Å². The summed E-state index contributed by atoms with van der Waals surface area (Å²) < 4.78 is 6.87. The van der Waals surface area contributed by atoms with Crippen LogP contribution in [0.5, 0.6) is 0 Å². The molecule has 0 atom stereocenters. The average molecular weight is 301 g/mol. The molecule has 1 saturated heterocycles. The predicted molar refractivity (Wildman–Crippen MR) is 87.6 cm³/mol. The fourth-order valence-electron chi connectivity index (χ4n) is 2.45. The number of carbonyl (C=O) groups is 1. The third kappa shape index (κ3) is 3.74. The monoisotopic (exact) mass is 301 g/mol. The van der Waals surface area contributed by atoms with E-state index in [0.29, 0.717) is 13.2 Å². The van der Waals surface area contributed by atoms with Crippen molar-refractivity contribution >= 4 is 11.6 Å². The number of ether oxygens (including phenoxy) is 1. The van der Waals surface area contributed by atoms with Gasteiger partial charge >= 0.3 is 6.03 Å². The van der Waals surface area contributed by atoms with Gasteiger partial charge in [-0.25, -0.2) is 9.78 Å². The van der Waals surface area contributed by atoms with Crippen molar-refractivity contribution in [3.05, 3.63) is 49.1 Å². The summed E-state index contributed by atoms with van der Waals surface area (Å²) in [4.78, 5) is 18.6. The van der Waals surface area contributed by atoms with Gasteiger partial charge in [-0.1, -0.05) is 30.9 Å². The number of hydrogen-bond acceptors (Lipinski definition) is 3. The zero-order valence-corrected chi connectivity index (χ0v) is 13.2. The first kappa shape index (κ1) is 16.2. The van der Waals surface area contributed by atoms with Gasteiger partial charge in [0.25, 0.3) is 0 Å². The van der Waals surface area contributed by atoms with Gasteiger partial charge < -0.3 is 9.64 Å². The molecule has 5 nitrogen and oxygen atoms in total. The molecule has 1 aliphatic rings. The molecule has 1 amide bonds. The van der Waals surface area contributed by atoms with Crippen LogP contribution in [0.1, 0.15) is 25.5 Å². The van der Waals surface area contributed by atoms with Gasteiger partial charge in [0.2, 0.25) is 0 Å². The molecule has 1 fully saturated rings. The first-order valence-corrected chi connectivity index (χ1v) is 7.52. The summed E-state index contributed by atoms with van der Waals surface area (Å²) in [5.41, 5.74) is 1.63. The minimum Gasteiger partial charge on any atom is -0.381 e. The van der Waals surface area contributed by atoms with E-state index in [1.807, 2.05) is 32.2 Å². The zero-order valence-electron chi connectivity index (χ0n) is 13.2. The Hall–Kier alpha value is -2.14. The van der Waals surface area contributed by atoms with Crippen LogP contribution in [-0.4, -0.2) is 46.8 Å². The average Bonchev–Trinajstić information content (AvgIpc) is 3.05. The van der Waals surface area contributed by atoms with Crippen LogP contribution in [0.4, 0.5) is 4.79 Å².